The van der Waals surface area contributed by atoms with Crippen molar-refractivity contribution >= 4 is 33.2 Å². The summed E-state index contributed by atoms with van der Waals surface area (Å²) in [5.41, 5.74) is 0.824. The summed E-state index contributed by atoms with van der Waals surface area (Å²) in [5, 5.41) is 3.02. The molecular formula is C16H19ClN4O3S. The number of sulfonamides is 1. The first-order chi connectivity index (χ1) is 12.0. The third-order valence-corrected chi connectivity index (χ3v) is 6.23. The molecule has 0 bridgehead atoms. The van der Waals surface area contributed by atoms with Gasteiger partial charge in [0.15, 0.2) is 0 Å². The zero-order valence-corrected chi connectivity index (χ0v) is 15.1. The first-order valence-corrected chi connectivity index (χ1v) is 10.00. The summed E-state index contributed by atoms with van der Waals surface area (Å²) in [6.07, 6.45) is 6.64. The highest BCUT2D eigenvalue weighted by atomic mass is 35.5. The van der Waals surface area contributed by atoms with Crippen LogP contribution in [0.15, 0.2) is 36.9 Å². The van der Waals surface area contributed by atoms with Crippen molar-refractivity contribution in [2.75, 3.05) is 23.1 Å². The molecule has 7 nitrogen and oxygen atoms in total. The summed E-state index contributed by atoms with van der Waals surface area (Å²) >= 11 is 6.22. The molecule has 25 heavy (non-hydrogen) atoms. The van der Waals surface area contributed by atoms with Gasteiger partial charge in [0.05, 0.1) is 28.4 Å². The van der Waals surface area contributed by atoms with Crippen LogP contribution in [-0.4, -0.2) is 42.7 Å². The van der Waals surface area contributed by atoms with Crippen molar-refractivity contribution in [2.45, 2.75) is 19.4 Å². The maximum Gasteiger partial charge on any atom is 0.252 e. The van der Waals surface area contributed by atoms with Gasteiger partial charge in [0.2, 0.25) is 10.0 Å². The zero-order valence-electron chi connectivity index (χ0n) is 13.6. The predicted octanol–water partition coefficient (Wildman–Crippen LogP) is 1.90. The van der Waals surface area contributed by atoms with Gasteiger partial charge in [-0.2, -0.15) is 0 Å². The number of benzene rings is 1. The average Bonchev–Trinajstić information content (AvgIpc) is 3.07. The van der Waals surface area contributed by atoms with Crippen molar-refractivity contribution in [3.8, 4) is 0 Å². The van der Waals surface area contributed by atoms with Crippen molar-refractivity contribution in [1.29, 1.82) is 0 Å². The number of carbonyl (C=O) groups is 1. The molecule has 0 radical (unpaired) electrons. The number of nitrogens with one attached hydrogen (secondary N) is 1. The molecule has 1 amide bonds. The smallest absolute Gasteiger partial charge is 0.252 e. The maximum atomic E-state index is 12.3. The highest BCUT2D eigenvalue weighted by molar-refractivity contribution is 7.92. The van der Waals surface area contributed by atoms with Crippen LogP contribution in [0.25, 0.3) is 0 Å². The number of hydrogen-bond acceptors (Lipinski definition) is 4. The lowest BCUT2D eigenvalue weighted by Crippen LogP contribution is -2.37. The Morgan fingerprint density at radius 2 is 2.16 bits per heavy atom. The first-order valence-electron chi connectivity index (χ1n) is 8.01. The summed E-state index contributed by atoms with van der Waals surface area (Å²) < 4.78 is 27.5. The molecule has 1 aromatic heterocycles. The number of aromatic nitrogens is 2. The number of rotatable bonds is 5. The molecular weight excluding hydrogens is 364 g/mol. The van der Waals surface area contributed by atoms with Crippen LogP contribution >= 0.6 is 11.6 Å². The number of anilines is 1. The maximum absolute atomic E-state index is 12.3. The molecule has 134 valence electrons. The Labute approximate surface area is 151 Å². The molecule has 0 unspecified atom stereocenters. The number of carbonyl (C=O) groups excluding carboxylic acids is 1. The van der Waals surface area contributed by atoms with Gasteiger partial charge in [-0.05, 0) is 31.0 Å². The number of imidazole rings is 1. The van der Waals surface area contributed by atoms with Crippen LogP contribution in [0.4, 0.5) is 5.69 Å². The number of amides is 1. The van der Waals surface area contributed by atoms with E-state index in [1.54, 1.807) is 24.7 Å². The molecule has 0 saturated carbocycles. The monoisotopic (exact) mass is 382 g/mol. The Morgan fingerprint density at radius 3 is 2.84 bits per heavy atom. The Hall–Kier alpha value is -2.06. The minimum atomic E-state index is -3.30. The molecule has 2 aromatic rings. The number of hydrogen-bond donors (Lipinski definition) is 1. The van der Waals surface area contributed by atoms with Crippen LogP contribution in [0.3, 0.4) is 0 Å². The second-order valence-electron chi connectivity index (χ2n) is 5.82. The highest BCUT2D eigenvalue weighted by Crippen LogP contribution is 2.28. The fourth-order valence-corrected chi connectivity index (χ4v) is 4.63. The Morgan fingerprint density at radius 1 is 1.32 bits per heavy atom. The first kappa shape index (κ1) is 17.8. The molecule has 9 heteroatoms. The van der Waals surface area contributed by atoms with E-state index in [2.05, 4.69) is 10.3 Å². The van der Waals surface area contributed by atoms with E-state index in [9.17, 15) is 13.2 Å². The molecule has 1 fully saturated rings. The van der Waals surface area contributed by atoms with Crippen LogP contribution < -0.4 is 9.62 Å². The van der Waals surface area contributed by atoms with E-state index in [0.29, 0.717) is 37.3 Å². The van der Waals surface area contributed by atoms with Crippen molar-refractivity contribution in [3.05, 3.63) is 47.5 Å². The van der Waals surface area contributed by atoms with Crippen LogP contribution in [0.5, 0.6) is 0 Å². The summed E-state index contributed by atoms with van der Waals surface area (Å²) in [6, 6.07) is 4.73. The van der Waals surface area contributed by atoms with Crippen molar-refractivity contribution in [3.63, 3.8) is 0 Å². The molecule has 0 spiro atoms. The normalized spacial score (nSPS) is 16.6. The van der Waals surface area contributed by atoms with Crippen molar-refractivity contribution < 1.29 is 13.2 Å². The van der Waals surface area contributed by atoms with Crippen LogP contribution in [-0.2, 0) is 16.6 Å². The van der Waals surface area contributed by atoms with E-state index in [4.69, 9.17) is 11.6 Å². The topological polar surface area (TPSA) is 84.3 Å². The quantitative estimate of drug-likeness (QED) is 0.855. The minimum Gasteiger partial charge on any atom is -0.350 e. The van der Waals surface area contributed by atoms with Gasteiger partial charge in [0.25, 0.3) is 5.91 Å². The van der Waals surface area contributed by atoms with Gasteiger partial charge in [-0.1, -0.05) is 11.6 Å². The summed E-state index contributed by atoms with van der Waals surface area (Å²) in [7, 11) is -3.30. The molecule has 0 aliphatic carbocycles. The molecule has 0 atom stereocenters. The summed E-state index contributed by atoms with van der Waals surface area (Å²) in [5.74, 6) is -0.153. The molecule has 2 heterocycles. The largest absolute Gasteiger partial charge is 0.350 e. The molecule has 1 aliphatic heterocycles. The third kappa shape index (κ3) is 4.13. The van der Waals surface area contributed by atoms with Gasteiger partial charge in [0, 0.05) is 32.0 Å². The van der Waals surface area contributed by atoms with E-state index in [1.807, 2.05) is 10.8 Å². The van der Waals surface area contributed by atoms with Crippen molar-refractivity contribution in [2.24, 2.45) is 0 Å². The molecule has 1 N–H and O–H groups in total. The highest BCUT2D eigenvalue weighted by Gasteiger charge is 2.26. The second kappa shape index (κ2) is 7.45. The lowest BCUT2D eigenvalue weighted by Gasteiger charge is -2.28. The standard InChI is InChI=1S/C16H19ClN4O3S/c17-15-11-13(21-7-1-2-10-25(21,23)24)3-4-14(15)16(22)19-6-9-20-8-5-18-12-20/h3-5,8,11-12H,1-2,6-7,9-10H2,(H,19,22). The van der Waals surface area contributed by atoms with E-state index in [0.717, 1.165) is 6.42 Å². The van der Waals surface area contributed by atoms with E-state index in [1.165, 1.54) is 10.4 Å². The SMILES string of the molecule is O=C(NCCn1ccnc1)c1ccc(N2CCCCS2(=O)=O)cc1Cl. The lowest BCUT2D eigenvalue weighted by molar-refractivity contribution is 0.0952. The zero-order chi connectivity index (χ0) is 17.9. The fraction of sp³-hybridized carbons (Fsp3) is 0.375. The van der Waals surface area contributed by atoms with Gasteiger partial charge in [-0.3, -0.25) is 9.10 Å². The summed E-state index contributed by atoms with van der Waals surface area (Å²) in [4.78, 5) is 16.2. The molecule has 1 aromatic carbocycles. The van der Waals surface area contributed by atoms with Crippen LogP contribution in [0.1, 0.15) is 23.2 Å². The lowest BCUT2D eigenvalue weighted by atomic mass is 10.2. The van der Waals surface area contributed by atoms with E-state index >= 15 is 0 Å². The molecule has 3 rings (SSSR count). The Kier molecular flexibility index (Phi) is 5.29. The number of halogens is 1. The number of nitrogens with zero attached hydrogens (tertiary/aromatic N) is 3. The fourth-order valence-electron chi connectivity index (χ4n) is 2.73. The van der Waals surface area contributed by atoms with Gasteiger partial charge in [-0.25, -0.2) is 13.4 Å². The molecule has 1 aliphatic rings. The minimum absolute atomic E-state index is 0.140. The van der Waals surface area contributed by atoms with Gasteiger partial charge in [-0.15, -0.1) is 0 Å². The van der Waals surface area contributed by atoms with Crippen molar-refractivity contribution in [1.82, 2.24) is 14.9 Å². The van der Waals surface area contributed by atoms with E-state index < -0.39 is 10.0 Å². The van der Waals surface area contributed by atoms with Gasteiger partial charge in [0.1, 0.15) is 0 Å². The second-order valence-corrected chi connectivity index (χ2v) is 8.24. The Balaban J connectivity index is 1.67. The van der Waals surface area contributed by atoms with Crippen LogP contribution in [0.2, 0.25) is 5.02 Å². The van der Waals surface area contributed by atoms with E-state index in [-0.39, 0.29) is 16.7 Å². The average molecular weight is 383 g/mol. The predicted molar refractivity (Wildman–Crippen MR) is 96.4 cm³/mol. The van der Waals surface area contributed by atoms with Gasteiger partial charge >= 0.3 is 0 Å². The Bertz CT molecular complexity index is 852. The summed E-state index contributed by atoms with van der Waals surface area (Å²) in [6.45, 7) is 1.48. The molecule has 1 saturated heterocycles. The van der Waals surface area contributed by atoms with Gasteiger partial charge < -0.3 is 9.88 Å². The third-order valence-electron chi connectivity index (χ3n) is 4.05. The van der Waals surface area contributed by atoms with Crippen LogP contribution in [0, 0.1) is 0 Å².